The summed E-state index contributed by atoms with van der Waals surface area (Å²) in [6.07, 6.45) is 0. The molecule has 0 atom stereocenters. The van der Waals surface area contributed by atoms with E-state index in [1.54, 1.807) is 49.4 Å². The number of methoxy groups -OCH3 is 1. The van der Waals surface area contributed by atoms with Gasteiger partial charge in [-0.05, 0) is 30.0 Å². The number of aryl methyl sites for hydroxylation is 1. The van der Waals surface area contributed by atoms with Gasteiger partial charge in [0.1, 0.15) is 16.3 Å². The Morgan fingerprint density at radius 2 is 1.73 bits per heavy atom. The van der Waals surface area contributed by atoms with Crippen LogP contribution in [0.1, 0.15) is 5.56 Å². The largest absolute Gasteiger partial charge is 0.495 e. The molecule has 0 bridgehead atoms. The molecule has 0 aliphatic rings. The van der Waals surface area contributed by atoms with Crippen LogP contribution in [-0.2, 0) is 10.1 Å². The number of nitrogen functional groups attached to an aromatic ring is 1. The summed E-state index contributed by atoms with van der Waals surface area (Å²) in [5, 5.41) is 9.21. The van der Waals surface area contributed by atoms with Crippen LogP contribution in [-0.4, -0.2) is 20.1 Å². The van der Waals surface area contributed by atoms with Gasteiger partial charge in [0.05, 0.1) is 18.5 Å². The maximum Gasteiger partial charge on any atom is 0.297 e. The minimum atomic E-state index is -4.49. The zero-order chi connectivity index (χ0) is 18.9. The van der Waals surface area contributed by atoms with Crippen LogP contribution in [0.4, 0.5) is 17.1 Å². The lowest BCUT2D eigenvalue weighted by Crippen LogP contribution is -1.99. The number of benzene rings is 3. The normalized spacial score (nSPS) is 12.0. The number of rotatable bonds is 4. The summed E-state index contributed by atoms with van der Waals surface area (Å²) >= 11 is 0. The van der Waals surface area contributed by atoms with E-state index >= 15 is 0 Å². The molecule has 0 saturated heterocycles. The number of azo groups is 1. The van der Waals surface area contributed by atoms with Crippen molar-refractivity contribution in [2.24, 2.45) is 10.2 Å². The first kappa shape index (κ1) is 17.8. The molecule has 7 nitrogen and oxygen atoms in total. The predicted molar refractivity (Wildman–Crippen MR) is 100 cm³/mol. The summed E-state index contributed by atoms with van der Waals surface area (Å²) in [5.74, 6) is 0.443. The highest BCUT2D eigenvalue weighted by molar-refractivity contribution is 7.86. The molecule has 8 heteroatoms. The van der Waals surface area contributed by atoms with Gasteiger partial charge in [0.25, 0.3) is 10.1 Å². The average molecular weight is 371 g/mol. The summed E-state index contributed by atoms with van der Waals surface area (Å²) in [6, 6.07) is 13.3. The molecule has 0 heterocycles. The van der Waals surface area contributed by atoms with Crippen molar-refractivity contribution in [3.8, 4) is 5.75 Å². The first-order valence-corrected chi connectivity index (χ1v) is 9.10. The van der Waals surface area contributed by atoms with Crippen molar-refractivity contribution in [3.63, 3.8) is 0 Å². The lowest BCUT2D eigenvalue weighted by molar-refractivity contribution is 0.417. The number of hydrogen-bond acceptors (Lipinski definition) is 6. The van der Waals surface area contributed by atoms with Gasteiger partial charge < -0.3 is 10.5 Å². The van der Waals surface area contributed by atoms with Gasteiger partial charge in [-0.3, -0.25) is 4.55 Å². The minimum Gasteiger partial charge on any atom is -0.495 e. The van der Waals surface area contributed by atoms with Crippen LogP contribution in [0.25, 0.3) is 10.8 Å². The van der Waals surface area contributed by atoms with Crippen molar-refractivity contribution in [3.05, 3.63) is 54.1 Å². The van der Waals surface area contributed by atoms with Crippen molar-refractivity contribution in [2.45, 2.75) is 11.8 Å². The molecule has 0 aliphatic heterocycles. The number of anilines is 1. The van der Waals surface area contributed by atoms with Crippen molar-refractivity contribution >= 4 is 38.0 Å². The zero-order valence-electron chi connectivity index (χ0n) is 14.2. The van der Waals surface area contributed by atoms with Gasteiger partial charge in [-0.1, -0.05) is 30.3 Å². The van der Waals surface area contributed by atoms with Gasteiger partial charge in [-0.25, -0.2) is 0 Å². The van der Waals surface area contributed by atoms with E-state index in [4.69, 9.17) is 10.5 Å². The number of ether oxygens (including phenoxy) is 1. The van der Waals surface area contributed by atoms with Gasteiger partial charge in [0, 0.05) is 11.5 Å². The highest BCUT2D eigenvalue weighted by Gasteiger charge is 2.19. The predicted octanol–water partition coefficient (Wildman–Crippen LogP) is 4.40. The molecule has 0 aliphatic carbocycles. The van der Waals surface area contributed by atoms with Crippen LogP contribution in [0.5, 0.6) is 5.75 Å². The molecule has 134 valence electrons. The molecular formula is C18H17N3O4S. The number of fused-ring (bicyclic) bond motifs is 1. The van der Waals surface area contributed by atoms with Crippen LogP contribution >= 0.6 is 0 Å². The quantitative estimate of drug-likeness (QED) is 0.401. The van der Waals surface area contributed by atoms with Crippen LogP contribution < -0.4 is 10.5 Å². The molecule has 26 heavy (non-hydrogen) atoms. The van der Waals surface area contributed by atoms with E-state index in [0.717, 1.165) is 5.56 Å². The van der Waals surface area contributed by atoms with Crippen LogP contribution in [0.2, 0.25) is 0 Å². The molecular weight excluding hydrogens is 354 g/mol. The summed E-state index contributed by atoms with van der Waals surface area (Å²) in [5.41, 5.74) is 7.58. The first-order chi connectivity index (χ1) is 12.3. The number of nitrogens with zero attached hydrogens (tertiary/aromatic N) is 2. The highest BCUT2D eigenvalue weighted by Crippen LogP contribution is 2.35. The summed E-state index contributed by atoms with van der Waals surface area (Å²) in [6.45, 7) is 1.80. The Bertz CT molecular complexity index is 1120. The fraction of sp³-hybridized carbons (Fsp3) is 0.111. The van der Waals surface area contributed by atoms with Crippen molar-refractivity contribution in [1.82, 2.24) is 0 Å². The average Bonchev–Trinajstić information content (AvgIpc) is 2.59. The Morgan fingerprint density at radius 3 is 2.42 bits per heavy atom. The van der Waals surface area contributed by atoms with E-state index in [1.165, 1.54) is 13.2 Å². The van der Waals surface area contributed by atoms with Crippen molar-refractivity contribution in [1.29, 1.82) is 0 Å². The molecule has 3 aromatic rings. The molecule has 0 radical (unpaired) electrons. The molecule has 3 N–H and O–H groups in total. The van der Waals surface area contributed by atoms with E-state index < -0.39 is 10.1 Å². The molecule has 0 spiro atoms. The summed E-state index contributed by atoms with van der Waals surface area (Å²) < 4.78 is 38.7. The Balaban J connectivity index is 2.17. The second kappa shape index (κ2) is 6.74. The van der Waals surface area contributed by atoms with Crippen LogP contribution in [0.15, 0.2) is 63.7 Å². The third-order valence-corrected chi connectivity index (χ3v) is 4.88. The van der Waals surface area contributed by atoms with Gasteiger partial charge in [0.2, 0.25) is 0 Å². The Morgan fingerprint density at radius 1 is 1.04 bits per heavy atom. The molecule has 0 aromatic heterocycles. The molecule has 3 rings (SSSR count). The molecule has 0 fully saturated rings. The first-order valence-electron chi connectivity index (χ1n) is 7.66. The fourth-order valence-electron chi connectivity index (χ4n) is 2.67. The van der Waals surface area contributed by atoms with Crippen molar-refractivity contribution < 1.29 is 17.7 Å². The SMILES string of the molecule is COc1cc(N=Nc2ccc3ccccc3c2S(=O)(=O)O)c(C)cc1N. The Kier molecular flexibility index (Phi) is 4.62. The van der Waals surface area contributed by atoms with E-state index in [9.17, 15) is 13.0 Å². The van der Waals surface area contributed by atoms with Gasteiger partial charge in [0.15, 0.2) is 0 Å². The third-order valence-electron chi connectivity index (χ3n) is 3.93. The van der Waals surface area contributed by atoms with E-state index in [-0.39, 0.29) is 10.6 Å². The third kappa shape index (κ3) is 3.37. The van der Waals surface area contributed by atoms with Crippen molar-refractivity contribution in [2.75, 3.05) is 12.8 Å². The lowest BCUT2D eigenvalue weighted by Gasteiger charge is -2.08. The smallest absolute Gasteiger partial charge is 0.297 e. The van der Waals surface area contributed by atoms with E-state index in [1.807, 2.05) is 0 Å². The molecule has 0 unspecified atom stereocenters. The topological polar surface area (TPSA) is 114 Å². The molecule has 0 amide bonds. The minimum absolute atomic E-state index is 0.0430. The fourth-order valence-corrected chi connectivity index (χ4v) is 3.51. The number of hydrogen-bond donors (Lipinski definition) is 2. The number of nitrogens with two attached hydrogens (primary N) is 1. The van der Waals surface area contributed by atoms with Gasteiger partial charge >= 0.3 is 0 Å². The second-order valence-corrected chi connectivity index (χ2v) is 7.05. The second-order valence-electron chi connectivity index (χ2n) is 5.69. The lowest BCUT2D eigenvalue weighted by atomic mass is 10.1. The summed E-state index contributed by atoms with van der Waals surface area (Å²) in [4.78, 5) is -0.278. The van der Waals surface area contributed by atoms with E-state index in [0.29, 0.717) is 27.9 Å². The molecule has 0 saturated carbocycles. The summed E-state index contributed by atoms with van der Waals surface area (Å²) in [7, 11) is -3.00. The van der Waals surface area contributed by atoms with Crippen LogP contribution in [0.3, 0.4) is 0 Å². The van der Waals surface area contributed by atoms with Gasteiger partial charge in [-0.15, -0.1) is 5.11 Å². The van der Waals surface area contributed by atoms with Gasteiger partial charge in [-0.2, -0.15) is 13.5 Å². The standard InChI is InChI=1S/C18H17N3O4S/c1-11-9-14(19)17(25-2)10-16(11)21-20-15-8-7-12-5-3-4-6-13(12)18(15)26(22,23)24/h3-10H,19H2,1-2H3,(H,22,23,24). The monoisotopic (exact) mass is 371 g/mol. The Labute approximate surface area is 150 Å². The Hall–Kier alpha value is -2.97. The molecule has 3 aromatic carbocycles. The van der Waals surface area contributed by atoms with Crippen LogP contribution in [0, 0.1) is 6.92 Å². The maximum atomic E-state index is 11.9. The maximum absolute atomic E-state index is 11.9. The zero-order valence-corrected chi connectivity index (χ0v) is 15.0. The highest BCUT2D eigenvalue weighted by atomic mass is 32.2. The van der Waals surface area contributed by atoms with E-state index in [2.05, 4.69) is 10.2 Å².